The number of furan rings is 1. The van der Waals surface area contributed by atoms with Gasteiger partial charge in [-0.3, -0.25) is 5.21 Å². The molecule has 158 valence electrons. The standard InChI is InChI=1S/C18H22N2O8S/c1-12-9-20(17(13(2)27-12)28-18(21)19-22)29(23,24)16-5-3-15(4-6-16)26-11-14-7-8-25-10-14/h3-8,10,12-13,17,22H,9,11H2,1-2H3,(H,19,21)/t12-,13-,17+/m0/s1. The molecule has 29 heavy (non-hydrogen) atoms. The van der Waals surface area contributed by atoms with E-state index in [0.29, 0.717) is 5.75 Å². The van der Waals surface area contributed by atoms with Crippen LogP contribution in [-0.2, 0) is 26.1 Å². The number of morpholine rings is 1. The highest BCUT2D eigenvalue weighted by molar-refractivity contribution is 7.89. The van der Waals surface area contributed by atoms with Gasteiger partial charge in [0.05, 0.1) is 23.5 Å². The quantitative estimate of drug-likeness (QED) is 0.531. The van der Waals surface area contributed by atoms with E-state index in [-0.39, 0.29) is 18.0 Å². The summed E-state index contributed by atoms with van der Waals surface area (Å²) in [5.41, 5.74) is 2.17. The molecule has 11 heteroatoms. The second-order valence-corrected chi connectivity index (χ2v) is 8.42. The van der Waals surface area contributed by atoms with Gasteiger partial charge in [0.25, 0.3) is 0 Å². The van der Waals surface area contributed by atoms with E-state index in [1.807, 2.05) is 0 Å². The molecular weight excluding hydrogens is 404 g/mol. The number of hydroxylamine groups is 1. The largest absolute Gasteiger partial charge is 0.489 e. The fourth-order valence-electron chi connectivity index (χ4n) is 2.98. The van der Waals surface area contributed by atoms with Crippen LogP contribution in [0.3, 0.4) is 0 Å². The van der Waals surface area contributed by atoms with E-state index in [9.17, 15) is 13.2 Å². The zero-order valence-electron chi connectivity index (χ0n) is 15.8. The molecule has 0 unspecified atom stereocenters. The fourth-order valence-corrected chi connectivity index (χ4v) is 4.62. The number of ether oxygens (including phenoxy) is 3. The third-order valence-electron chi connectivity index (χ3n) is 4.30. The minimum Gasteiger partial charge on any atom is -0.489 e. The monoisotopic (exact) mass is 426 g/mol. The maximum Gasteiger partial charge on any atom is 0.432 e. The number of hydrogen-bond donors (Lipinski definition) is 2. The molecule has 2 heterocycles. The van der Waals surface area contributed by atoms with Crippen molar-refractivity contribution in [1.82, 2.24) is 9.79 Å². The lowest BCUT2D eigenvalue weighted by Gasteiger charge is -2.40. The SMILES string of the molecule is C[C@@H]1O[C@@H](C)CN(S(=O)(=O)c2ccc(OCc3ccoc3)cc2)[C@@H]1OC(=O)NO. The predicted octanol–water partition coefficient (Wildman–Crippen LogP) is 2.10. The normalized spacial score (nSPS) is 22.8. The number of nitrogens with one attached hydrogen (secondary N) is 1. The Balaban J connectivity index is 1.78. The number of benzene rings is 1. The van der Waals surface area contributed by atoms with E-state index in [2.05, 4.69) is 0 Å². The van der Waals surface area contributed by atoms with Crippen LogP contribution in [0.15, 0.2) is 52.2 Å². The Morgan fingerprint density at radius 3 is 2.62 bits per heavy atom. The molecule has 0 spiro atoms. The molecule has 1 aliphatic heterocycles. The van der Waals surface area contributed by atoms with E-state index in [1.54, 1.807) is 26.2 Å². The van der Waals surface area contributed by atoms with Crippen molar-refractivity contribution in [1.29, 1.82) is 0 Å². The number of amides is 1. The number of carbonyl (C=O) groups excluding carboxylic acids is 1. The van der Waals surface area contributed by atoms with Crippen molar-refractivity contribution >= 4 is 16.1 Å². The second-order valence-electron chi connectivity index (χ2n) is 6.53. The third-order valence-corrected chi connectivity index (χ3v) is 6.15. The highest BCUT2D eigenvalue weighted by atomic mass is 32.2. The van der Waals surface area contributed by atoms with Crippen LogP contribution in [0.1, 0.15) is 19.4 Å². The van der Waals surface area contributed by atoms with Gasteiger partial charge in [-0.05, 0) is 44.2 Å². The minimum atomic E-state index is -4.01. The topological polar surface area (TPSA) is 128 Å². The summed E-state index contributed by atoms with van der Waals surface area (Å²) in [7, 11) is -4.01. The summed E-state index contributed by atoms with van der Waals surface area (Å²) in [5.74, 6) is 0.487. The van der Waals surface area contributed by atoms with Crippen molar-refractivity contribution in [3.05, 3.63) is 48.4 Å². The van der Waals surface area contributed by atoms with Crippen LogP contribution in [0.2, 0.25) is 0 Å². The Bertz CT molecular complexity index is 914. The highest BCUT2D eigenvalue weighted by Crippen LogP contribution is 2.28. The Labute approximate surface area is 168 Å². The predicted molar refractivity (Wildman–Crippen MR) is 98.6 cm³/mol. The van der Waals surface area contributed by atoms with E-state index in [0.717, 1.165) is 9.87 Å². The Morgan fingerprint density at radius 1 is 1.28 bits per heavy atom. The summed E-state index contributed by atoms with van der Waals surface area (Å²) in [5, 5.41) is 8.71. The molecule has 3 atom stereocenters. The smallest absolute Gasteiger partial charge is 0.432 e. The maximum atomic E-state index is 13.2. The molecule has 1 aliphatic rings. The number of hydrogen-bond acceptors (Lipinski definition) is 8. The molecular formula is C18H22N2O8S. The van der Waals surface area contributed by atoms with Crippen LogP contribution in [-0.4, -0.2) is 49.0 Å². The molecule has 2 aromatic rings. The van der Waals surface area contributed by atoms with Gasteiger partial charge in [0.1, 0.15) is 18.5 Å². The van der Waals surface area contributed by atoms with Crippen LogP contribution in [0.4, 0.5) is 4.79 Å². The zero-order chi connectivity index (χ0) is 21.0. The van der Waals surface area contributed by atoms with Crippen molar-refractivity contribution < 1.29 is 37.0 Å². The molecule has 1 fully saturated rings. The van der Waals surface area contributed by atoms with Crippen LogP contribution >= 0.6 is 0 Å². The van der Waals surface area contributed by atoms with Crippen molar-refractivity contribution in [3.8, 4) is 5.75 Å². The third kappa shape index (κ3) is 4.88. The Hall–Kier alpha value is -2.60. The highest BCUT2D eigenvalue weighted by Gasteiger charge is 2.43. The van der Waals surface area contributed by atoms with Gasteiger partial charge in [0, 0.05) is 12.1 Å². The van der Waals surface area contributed by atoms with E-state index in [4.69, 9.17) is 23.8 Å². The first-order chi connectivity index (χ1) is 13.8. The van der Waals surface area contributed by atoms with Crippen LogP contribution < -0.4 is 10.2 Å². The lowest BCUT2D eigenvalue weighted by atomic mass is 10.2. The van der Waals surface area contributed by atoms with E-state index < -0.39 is 34.6 Å². The van der Waals surface area contributed by atoms with Gasteiger partial charge in [-0.1, -0.05) is 0 Å². The second kappa shape index (κ2) is 8.82. The van der Waals surface area contributed by atoms with Crippen molar-refractivity contribution in [2.45, 2.75) is 43.8 Å². The summed E-state index contributed by atoms with van der Waals surface area (Å²) in [4.78, 5) is 11.5. The minimum absolute atomic E-state index is 0.00691. The molecule has 1 amide bonds. The molecule has 0 aliphatic carbocycles. The van der Waals surface area contributed by atoms with Gasteiger partial charge in [-0.2, -0.15) is 4.31 Å². The van der Waals surface area contributed by atoms with Crippen molar-refractivity contribution in [2.75, 3.05) is 6.54 Å². The Kier molecular flexibility index (Phi) is 6.42. The van der Waals surface area contributed by atoms with Gasteiger partial charge < -0.3 is 18.6 Å². The van der Waals surface area contributed by atoms with Crippen LogP contribution in [0, 0.1) is 0 Å². The van der Waals surface area contributed by atoms with Gasteiger partial charge in [-0.15, -0.1) is 0 Å². The molecule has 0 saturated carbocycles. The molecule has 3 rings (SSSR count). The van der Waals surface area contributed by atoms with Gasteiger partial charge in [-0.25, -0.2) is 18.7 Å². The molecule has 1 saturated heterocycles. The van der Waals surface area contributed by atoms with Crippen LogP contribution in [0.25, 0.3) is 0 Å². The molecule has 1 aromatic heterocycles. The van der Waals surface area contributed by atoms with Gasteiger partial charge in [0.15, 0.2) is 6.23 Å². The maximum absolute atomic E-state index is 13.2. The van der Waals surface area contributed by atoms with Crippen molar-refractivity contribution in [3.63, 3.8) is 0 Å². The lowest BCUT2D eigenvalue weighted by molar-refractivity contribution is -0.151. The molecule has 0 radical (unpaired) electrons. The van der Waals surface area contributed by atoms with Crippen molar-refractivity contribution in [2.24, 2.45) is 0 Å². The molecule has 2 N–H and O–H groups in total. The first-order valence-corrected chi connectivity index (χ1v) is 10.3. The zero-order valence-corrected chi connectivity index (χ0v) is 16.7. The summed E-state index contributed by atoms with van der Waals surface area (Å²) in [6, 6.07) is 7.66. The first kappa shape index (κ1) is 21.1. The lowest BCUT2D eigenvalue weighted by Crippen LogP contribution is -2.57. The first-order valence-electron chi connectivity index (χ1n) is 8.83. The van der Waals surface area contributed by atoms with Gasteiger partial charge >= 0.3 is 6.09 Å². The van der Waals surface area contributed by atoms with Gasteiger partial charge in [0.2, 0.25) is 10.0 Å². The number of sulfonamides is 1. The average Bonchev–Trinajstić information content (AvgIpc) is 3.22. The summed E-state index contributed by atoms with van der Waals surface area (Å²) in [6.45, 7) is 3.57. The summed E-state index contributed by atoms with van der Waals surface area (Å²) >= 11 is 0. The van der Waals surface area contributed by atoms with E-state index >= 15 is 0 Å². The van der Waals surface area contributed by atoms with E-state index in [1.165, 1.54) is 36.0 Å². The molecule has 0 bridgehead atoms. The average molecular weight is 426 g/mol. The number of nitrogens with zero attached hydrogens (tertiary/aromatic N) is 1. The summed E-state index contributed by atoms with van der Waals surface area (Å²) in [6.07, 6.45) is -0.461. The Morgan fingerprint density at radius 2 is 2.00 bits per heavy atom. The summed E-state index contributed by atoms with van der Waals surface area (Å²) < 4.78 is 48.5. The molecule has 1 aromatic carbocycles. The molecule has 10 nitrogen and oxygen atoms in total. The fraction of sp³-hybridized carbons (Fsp3) is 0.389. The number of carbonyl (C=O) groups is 1. The van der Waals surface area contributed by atoms with Crippen LogP contribution in [0.5, 0.6) is 5.75 Å². The number of rotatable bonds is 6.